The molecule has 8 heteroatoms. The summed E-state index contributed by atoms with van der Waals surface area (Å²) in [5, 5.41) is 5.67. The Hall–Kier alpha value is -3.55. The fourth-order valence-electron chi connectivity index (χ4n) is 3.09. The molecule has 1 aliphatic rings. The molecule has 0 spiro atoms. The van der Waals surface area contributed by atoms with Gasteiger partial charge in [-0.1, -0.05) is 24.3 Å². The first kappa shape index (κ1) is 22.1. The molecule has 0 saturated carbocycles. The van der Waals surface area contributed by atoms with Gasteiger partial charge < -0.3 is 25.2 Å². The number of nitrogens with zero attached hydrogens (tertiary/aromatic N) is 2. The van der Waals surface area contributed by atoms with Crippen LogP contribution in [0.4, 0.5) is 21.0 Å². The maximum atomic E-state index is 12.6. The van der Waals surface area contributed by atoms with Gasteiger partial charge in [-0.25, -0.2) is 9.59 Å². The van der Waals surface area contributed by atoms with Crippen molar-refractivity contribution < 1.29 is 19.1 Å². The van der Waals surface area contributed by atoms with Crippen molar-refractivity contribution in [2.24, 2.45) is 0 Å². The number of nitrogens with one attached hydrogen (secondary N) is 2. The van der Waals surface area contributed by atoms with Crippen molar-refractivity contribution >= 4 is 29.4 Å². The van der Waals surface area contributed by atoms with Crippen LogP contribution < -0.4 is 10.6 Å². The van der Waals surface area contributed by atoms with Gasteiger partial charge in [0.2, 0.25) is 0 Å². The van der Waals surface area contributed by atoms with Crippen LogP contribution in [0, 0.1) is 0 Å². The Kier molecular flexibility index (Phi) is 6.79. The molecule has 2 N–H and O–H groups in total. The van der Waals surface area contributed by atoms with E-state index in [4.69, 9.17) is 4.74 Å². The molecular weight excluding hydrogens is 396 g/mol. The minimum absolute atomic E-state index is 0.220. The number of piperazine rings is 1. The van der Waals surface area contributed by atoms with Crippen LogP contribution in [-0.4, -0.2) is 59.6 Å². The van der Waals surface area contributed by atoms with E-state index in [1.54, 1.807) is 58.3 Å². The summed E-state index contributed by atoms with van der Waals surface area (Å²) in [6.45, 7) is 7.12. The molecular formula is C23H28N4O4. The Bertz CT molecular complexity index is 932. The van der Waals surface area contributed by atoms with Gasteiger partial charge in [0, 0.05) is 43.1 Å². The number of urea groups is 1. The number of benzene rings is 2. The largest absolute Gasteiger partial charge is 0.444 e. The van der Waals surface area contributed by atoms with Gasteiger partial charge in [0.05, 0.1) is 0 Å². The van der Waals surface area contributed by atoms with E-state index in [0.29, 0.717) is 43.1 Å². The van der Waals surface area contributed by atoms with Crippen LogP contribution >= 0.6 is 0 Å². The van der Waals surface area contributed by atoms with Gasteiger partial charge in [-0.05, 0) is 51.1 Å². The number of hydrogen-bond acceptors (Lipinski definition) is 4. The molecule has 1 aliphatic heterocycles. The second kappa shape index (κ2) is 9.51. The Balaban J connectivity index is 1.53. The van der Waals surface area contributed by atoms with Gasteiger partial charge in [0.1, 0.15) is 5.60 Å². The molecule has 1 fully saturated rings. The van der Waals surface area contributed by atoms with Crippen LogP contribution in [0.5, 0.6) is 0 Å². The van der Waals surface area contributed by atoms with E-state index in [1.807, 2.05) is 26.8 Å². The number of carbonyl (C=O) groups is 3. The Labute approximate surface area is 182 Å². The first-order chi connectivity index (χ1) is 14.7. The summed E-state index contributed by atoms with van der Waals surface area (Å²) >= 11 is 0. The summed E-state index contributed by atoms with van der Waals surface area (Å²) in [7, 11) is 0. The fourth-order valence-corrected chi connectivity index (χ4v) is 3.09. The molecule has 31 heavy (non-hydrogen) atoms. The van der Waals surface area contributed by atoms with Crippen molar-refractivity contribution in [3.63, 3.8) is 0 Å². The quantitative estimate of drug-likeness (QED) is 0.779. The monoisotopic (exact) mass is 424 g/mol. The third-order valence-corrected chi connectivity index (χ3v) is 4.63. The normalized spacial score (nSPS) is 14.0. The zero-order chi connectivity index (χ0) is 22.4. The van der Waals surface area contributed by atoms with E-state index in [9.17, 15) is 14.4 Å². The van der Waals surface area contributed by atoms with Crippen molar-refractivity contribution in [1.82, 2.24) is 9.80 Å². The van der Waals surface area contributed by atoms with Crippen molar-refractivity contribution in [3.05, 3.63) is 60.2 Å². The predicted octanol–water partition coefficient (Wildman–Crippen LogP) is 4.02. The Morgan fingerprint density at radius 2 is 1.39 bits per heavy atom. The lowest BCUT2D eigenvalue weighted by atomic mass is 10.2. The molecule has 0 bridgehead atoms. The molecule has 1 heterocycles. The number of anilines is 2. The van der Waals surface area contributed by atoms with Crippen LogP contribution in [0.3, 0.4) is 0 Å². The third kappa shape index (κ3) is 6.47. The molecule has 2 aromatic carbocycles. The van der Waals surface area contributed by atoms with Gasteiger partial charge in [-0.3, -0.25) is 4.79 Å². The predicted molar refractivity (Wildman–Crippen MR) is 119 cm³/mol. The van der Waals surface area contributed by atoms with Crippen LogP contribution in [0.1, 0.15) is 31.1 Å². The summed E-state index contributed by atoms with van der Waals surface area (Å²) in [4.78, 5) is 40.4. The molecule has 0 aromatic heterocycles. The van der Waals surface area contributed by atoms with E-state index in [2.05, 4.69) is 10.6 Å². The zero-order valence-corrected chi connectivity index (χ0v) is 18.1. The van der Waals surface area contributed by atoms with Crippen LogP contribution in [0.15, 0.2) is 54.6 Å². The van der Waals surface area contributed by atoms with E-state index in [1.165, 1.54) is 0 Å². The number of amides is 4. The summed E-state index contributed by atoms with van der Waals surface area (Å²) in [6, 6.07) is 15.6. The average molecular weight is 425 g/mol. The number of carbonyl (C=O) groups excluding carboxylic acids is 3. The van der Waals surface area contributed by atoms with Gasteiger partial charge >= 0.3 is 12.1 Å². The van der Waals surface area contributed by atoms with E-state index in [0.717, 1.165) is 0 Å². The van der Waals surface area contributed by atoms with E-state index < -0.39 is 5.60 Å². The van der Waals surface area contributed by atoms with Crippen LogP contribution in [0.2, 0.25) is 0 Å². The lowest BCUT2D eigenvalue weighted by Gasteiger charge is -2.35. The van der Waals surface area contributed by atoms with Crippen LogP contribution in [0.25, 0.3) is 0 Å². The molecule has 0 aliphatic carbocycles. The minimum atomic E-state index is -0.549. The highest BCUT2D eigenvalue weighted by molar-refractivity contribution is 6.04. The Morgan fingerprint density at radius 1 is 0.806 bits per heavy atom. The summed E-state index contributed by atoms with van der Waals surface area (Å²) in [5.74, 6) is -0.220. The van der Waals surface area contributed by atoms with E-state index in [-0.39, 0.29) is 18.0 Å². The second-order valence-corrected chi connectivity index (χ2v) is 8.29. The number of hydrogen-bond donors (Lipinski definition) is 2. The molecule has 3 rings (SSSR count). The number of ether oxygens (including phenoxy) is 1. The maximum absolute atomic E-state index is 12.6. The van der Waals surface area contributed by atoms with Gasteiger partial charge in [-0.2, -0.15) is 0 Å². The summed E-state index contributed by atoms with van der Waals surface area (Å²) in [5.41, 5.74) is 1.17. The SMILES string of the molecule is CC(C)(C)OC(=O)N1CCN(C(=O)Nc2cccc(NC(=O)c3ccccc3)c2)CC1. The molecule has 0 unspecified atom stereocenters. The smallest absolute Gasteiger partial charge is 0.410 e. The molecule has 8 nitrogen and oxygen atoms in total. The third-order valence-electron chi connectivity index (χ3n) is 4.63. The number of rotatable bonds is 3. The standard InChI is InChI=1S/C23H28N4O4/c1-23(2,3)31-22(30)27-14-12-26(13-15-27)21(29)25-19-11-7-10-18(16-19)24-20(28)17-8-5-4-6-9-17/h4-11,16H,12-15H2,1-3H3,(H,24,28)(H,25,29). The molecule has 0 radical (unpaired) electrons. The first-order valence-electron chi connectivity index (χ1n) is 10.2. The fraction of sp³-hybridized carbons (Fsp3) is 0.348. The van der Waals surface area contributed by atoms with Crippen molar-refractivity contribution in [2.75, 3.05) is 36.8 Å². The zero-order valence-electron chi connectivity index (χ0n) is 18.1. The first-order valence-corrected chi connectivity index (χ1v) is 10.2. The highest BCUT2D eigenvalue weighted by Crippen LogP contribution is 2.18. The second-order valence-electron chi connectivity index (χ2n) is 8.29. The van der Waals surface area contributed by atoms with Crippen molar-refractivity contribution in [3.8, 4) is 0 Å². The lowest BCUT2D eigenvalue weighted by molar-refractivity contribution is 0.0174. The summed E-state index contributed by atoms with van der Waals surface area (Å²) < 4.78 is 5.38. The van der Waals surface area contributed by atoms with Crippen molar-refractivity contribution in [1.29, 1.82) is 0 Å². The summed E-state index contributed by atoms with van der Waals surface area (Å²) in [6.07, 6.45) is -0.366. The molecule has 0 atom stereocenters. The molecule has 1 saturated heterocycles. The average Bonchev–Trinajstić information content (AvgIpc) is 2.73. The Morgan fingerprint density at radius 3 is 2.00 bits per heavy atom. The van der Waals surface area contributed by atoms with Crippen LogP contribution in [-0.2, 0) is 4.74 Å². The molecule has 4 amide bonds. The lowest BCUT2D eigenvalue weighted by Crippen LogP contribution is -2.52. The highest BCUT2D eigenvalue weighted by atomic mass is 16.6. The van der Waals surface area contributed by atoms with Gasteiger partial charge in [-0.15, -0.1) is 0 Å². The van der Waals surface area contributed by atoms with Gasteiger partial charge in [0.25, 0.3) is 5.91 Å². The molecule has 164 valence electrons. The van der Waals surface area contributed by atoms with E-state index >= 15 is 0 Å². The van der Waals surface area contributed by atoms with Crippen molar-refractivity contribution in [2.45, 2.75) is 26.4 Å². The molecule has 2 aromatic rings. The topological polar surface area (TPSA) is 91.0 Å². The minimum Gasteiger partial charge on any atom is -0.444 e. The maximum Gasteiger partial charge on any atom is 0.410 e. The van der Waals surface area contributed by atoms with Gasteiger partial charge in [0.15, 0.2) is 0 Å². The highest BCUT2D eigenvalue weighted by Gasteiger charge is 2.27.